The van der Waals surface area contributed by atoms with E-state index in [-0.39, 0.29) is 5.82 Å². The van der Waals surface area contributed by atoms with E-state index in [1.807, 2.05) is 16.1 Å². The van der Waals surface area contributed by atoms with Crippen LogP contribution in [0.3, 0.4) is 0 Å². The molecule has 2 aromatic heterocycles. The highest BCUT2D eigenvalue weighted by atomic mass is 32.1. The molecule has 6 heteroatoms. The van der Waals surface area contributed by atoms with Gasteiger partial charge >= 0.3 is 0 Å². The molecule has 21 heavy (non-hydrogen) atoms. The zero-order valence-electron chi connectivity index (χ0n) is 11.4. The number of nitrogens with one attached hydrogen (secondary N) is 1. The van der Waals surface area contributed by atoms with Crippen LogP contribution in [0.1, 0.15) is 5.69 Å². The van der Waals surface area contributed by atoms with E-state index in [1.54, 1.807) is 36.0 Å². The molecule has 3 aromatic rings. The summed E-state index contributed by atoms with van der Waals surface area (Å²) in [6.07, 6.45) is 5.52. The quantitative estimate of drug-likeness (QED) is 0.712. The average molecular weight is 302 g/mol. The molecule has 0 spiro atoms. The monoisotopic (exact) mass is 302 g/mol. The fraction of sp³-hybridized carbons (Fsp3) is 0.200. The molecule has 0 radical (unpaired) electrons. The van der Waals surface area contributed by atoms with E-state index in [0.29, 0.717) is 0 Å². The zero-order chi connectivity index (χ0) is 14.5. The highest BCUT2D eigenvalue weighted by Gasteiger charge is 2.04. The van der Waals surface area contributed by atoms with Crippen LogP contribution in [0.25, 0.3) is 10.6 Å². The van der Waals surface area contributed by atoms with Gasteiger partial charge in [-0.05, 0) is 24.3 Å². The number of rotatable bonds is 6. The Kier molecular flexibility index (Phi) is 4.37. The molecular weight excluding hydrogens is 287 g/mol. The summed E-state index contributed by atoms with van der Waals surface area (Å²) in [5, 5.41) is 6.30. The maximum Gasteiger partial charge on any atom is 0.123 e. The van der Waals surface area contributed by atoms with Crippen molar-refractivity contribution in [1.82, 2.24) is 19.9 Å². The molecule has 108 valence electrons. The van der Waals surface area contributed by atoms with Gasteiger partial charge in [-0.15, -0.1) is 11.3 Å². The Bertz CT molecular complexity index is 676. The van der Waals surface area contributed by atoms with Crippen LogP contribution in [0.2, 0.25) is 0 Å². The molecule has 2 heterocycles. The summed E-state index contributed by atoms with van der Waals surface area (Å²) in [6.45, 7) is 2.47. The predicted octanol–water partition coefficient (Wildman–Crippen LogP) is 2.94. The van der Waals surface area contributed by atoms with Gasteiger partial charge < -0.3 is 9.88 Å². The third kappa shape index (κ3) is 3.74. The van der Waals surface area contributed by atoms with Gasteiger partial charge in [0.05, 0.1) is 12.0 Å². The van der Waals surface area contributed by atoms with Crippen LogP contribution in [0.15, 0.2) is 48.4 Å². The minimum atomic E-state index is -0.225. The van der Waals surface area contributed by atoms with Crippen LogP contribution < -0.4 is 5.32 Å². The summed E-state index contributed by atoms with van der Waals surface area (Å²) in [6, 6.07) is 6.42. The van der Waals surface area contributed by atoms with Crippen molar-refractivity contribution in [3.63, 3.8) is 0 Å². The number of imidazole rings is 1. The van der Waals surface area contributed by atoms with Gasteiger partial charge in [0.25, 0.3) is 0 Å². The molecule has 3 rings (SSSR count). The Balaban J connectivity index is 1.52. The predicted molar refractivity (Wildman–Crippen MR) is 81.4 cm³/mol. The number of thiazole rings is 1. The molecule has 0 unspecified atom stereocenters. The minimum absolute atomic E-state index is 0.225. The number of hydrogen-bond acceptors (Lipinski definition) is 4. The van der Waals surface area contributed by atoms with Crippen LogP contribution in [0, 0.1) is 5.82 Å². The molecule has 4 nitrogen and oxygen atoms in total. The SMILES string of the molecule is Fc1ccc(-c2nc(CNCCn3ccnc3)cs2)cc1. The Morgan fingerprint density at radius 3 is 2.86 bits per heavy atom. The lowest BCUT2D eigenvalue weighted by Crippen LogP contribution is -2.19. The van der Waals surface area contributed by atoms with Crippen molar-refractivity contribution in [3.05, 3.63) is 59.9 Å². The van der Waals surface area contributed by atoms with Crippen molar-refractivity contribution in [2.24, 2.45) is 0 Å². The molecule has 0 aliphatic heterocycles. The fourth-order valence-corrected chi connectivity index (χ4v) is 2.78. The Labute approximate surface area is 126 Å². The van der Waals surface area contributed by atoms with Crippen LogP contribution in [0.5, 0.6) is 0 Å². The Hall–Kier alpha value is -2.05. The molecule has 1 aromatic carbocycles. The largest absolute Gasteiger partial charge is 0.336 e. The van der Waals surface area contributed by atoms with E-state index in [1.165, 1.54) is 12.1 Å². The van der Waals surface area contributed by atoms with Crippen molar-refractivity contribution in [2.75, 3.05) is 6.54 Å². The molecule has 0 fully saturated rings. The normalized spacial score (nSPS) is 10.9. The smallest absolute Gasteiger partial charge is 0.123 e. The van der Waals surface area contributed by atoms with E-state index in [0.717, 1.165) is 35.9 Å². The minimum Gasteiger partial charge on any atom is -0.336 e. The fourth-order valence-electron chi connectivity index (χ4n) is 1.96. The van der Waals surface area contributed by atoms with Gasteiger partial charge in [0.1, 0.15) is 10.8 Å². The third-order valence-electron chi connectivity index (χ3n) is 3.06. The van der Waals surface area contributed by atoms with Crippen LogP contribution >= 0.6 is 11.3 Å². The van der Waals surface area contributed by atoms with Gasteiger partial charge in [-0.1, -0.05) is 0 Å². The standard InChI is InChI=1S/C15H15FN4S/c16-13-3-1-12(2-4-13)15-19-14(10-21-15)9-17-5-7-20-8-6-18-11-20/h1-4,6,8,10-11,17H,5,7,9H2. The van der Waals surface area contributed by atoms with E-state index >= 15 is 0 Å². The zero-order valence-corrected chi connectivity index (χ0v) is 12.2. The van der Waals surface area contributed by atoms with Crippen LogP contribution in [-0.2, 0) is 13.1 Å². The Morgan fingerprint density at radius 1 is 1.24 bits per heavy atom. The lowest BCUT2D eigenvalue weighted by atomic mass is 10.2. The summed E-state index contributed by atoms with van der Waals surface area (Å²) >= 11 is 1.58. The lowest BCUT2D eigenvalue weighted by molar-refractivity contribution is 0.593. The molecule has 0 bridgehead atoms. The molecule has 0 aliphatic rings. The summed E-state index contributed by atoms with van der Waals surface area (Å²) in [5.41, 5.74) is 1.95. The second-order valence-electron chi connectivity index (χ2n) is 4.63. The van der Waals surface area contributed by atoms with E-state index in [4.69, 9.17) is 0 Å². The molecule has 0 saturated carbocycles. The van der Waals surface area contributed by atoms with E-state index in [2.05, 4.69) is 15.3 Å². The molecule has 0 aliphatic carbocycles. The number of halogens is 1. The van der Waals surface area contributed by atoms with Crippen molar-refractivity contribution in [2.45, 2.75) is 13.1 Å². The van der Waals surface area contributed by atoms with Crippen molar-refractivity contribution >= 4 is 11.3 Å². The van der Waals surface area contributed by atoms with Gasteiger partial charge in [-0.2, -0.15) is 0 Å². The van der Waals surface area contributed by atoms with Crippen molar-refractivity contribution in [1.29, 1.82) is 0 Å². The third-order valence-corrected chi connectivity index (χ3v) is 4.00. The topological polar surface area (TPSA) is 42.7 Å². The molecule has 0 atom stereocenters. The maximum absolute atomic E-state index is 12.9. The second-order valence-corrected chi connectivity index (χ2v) is 5.49. The lowest BCUT2D eigenvalue weighted by Gasteiger charge is -2.03. The van der Waals surface area contributed by atoms with E-state index < -0.39 is 0 Å². The number of aromatic nitrogens is 3. The molecule has 1 N–H and O–H groups in total. The van der Waals surface area contributed by atoms with Crippen molar-refractivity contribution in [3.8, 4) is 10.6 Å². The second kappa shape index (κ2) is 6.60. The first-order valence-electron chi connectivity index (χ1n) is 6.68. The molecule has 0 saturated heterocycles. The summed E-state index contributed by atoms with van der Waals surface area (Å²) in [7, 11) is 0. The maximum atomic E-state index is 12.9. The summed E-state index contributed by atoms with van der Waals surface area (Å²) < 4.78 is 14.9. The van der Waals surface area contributed by atoms with Gasteiger partial charge in [0.2, 0.25) is 0 Å². The highest BCUT2D eigenvalue weighted by Crippen LogP contribution is 2.23. The summed E-state index contributed by atoms with van der Waals surface area (Å²) in [4.78, 5) is 8.56. The Morgan fingerprint density at radius 2 is 2.10 bits per heavy atom. The highest BCUT2D eigenvalue weighted by molar-refractivity contribution is 7.13. The van der Waals surface area contributed by atoms with Crippen LogP contribution in [-0.4, -0.2) is 21.1 Å². The number of hydrogen-bond donors (Lipinski definition) is 1. The van der Waals surface area contributed by atoms with Crippen LogP contribution in [0.4, 0.5) is 4.39 Å². The first kappa shape index (κ1) is 13.9. The van der Waals surface area contributed by atoms with Crippen molar-refractivity contribution < 1.29 is 4.39 Å². The van der Waals surface area contributed by atoms with Gasteiger partial charge in [0, 0.05) is 43.0 Å². The van der Waals surface area contributed by atoms with E-state index in [9.17, 15) is 4.39 Å². The summed E-state index contributed by atoms with van der Waals surface area (Å²) in [5.74, 6) is -0.225. The number of benzene rings is 1. The first-order valence-corrected chi connectivity index (χ1v) is 7.56. The number of nitrogens with zero attached hydrogens (tertiary/aromatic N) is 3. The molecule has 0 amide bonds. The molecular formula is C15H15FN4S. The van der Waals surface area contributed by atoms with Gasteiger partial charge in [-0.25, -0.2) is 14.4 Å². The van der Waals surface area contributed by atoms with Gasteiger partial charge in [0.15, 0.2) is 0 Å². The average Bonchev–Trinajstić information content (AvgIpc) is 3.16. The first-order chi connectivity index (χ1) is 10.3. The van der Waals surface area contributed by atoms with Gasteiger partial charge in [-0.3, -0.25) is 0 Å².